The fourth-order valence-electron chi connectivity index (χ4n) is 2.83. The number of nitrogens with zero attached hydrogens (tertiary/aromatic N) is 1. The number of ether oxygens (including phenoxy) is 1. The van der Waals surface area contributed by atoms with Crippen molar-refractivity contribution in [3.8, 4) is 0 Å². The Bertz CT molecular complexity index is 550. The molecule has 2 rings (SSSR count). The standard InChI is InChI=1S/C17H23NO4/c1-16(2,3)22-15(21)18-11-7-10-17(12-18,14(19)20)13-8-5-4-6-9-13/h4-6,8-9H,7,10-12H2,1-3H3,(H,19,20). The van der Waals surface area contributed by atoms with Crippen LogP contribution in [0, 0.1) is 0 Å². The van der Waals surface area contributed by atoms with Gasteiger partial charge in [-0.1, -0.05) is 30.3 Å². The first-order chi connectivity index (χ1) is 10.2. The molecule has 1 atom stereocenters. The second kappa shape index (κ2) is 5.99. The molecule has 0 spiro atoms. The molecule has 5 nitrogen and oxygen atoms in total. The topological polar surface area (TPSA) is 66.8 Å². The first kappa shape index (κ1) is 16.3. The number of carbonyl (C=O) groups is 2. The Balaban J connectivity index is 2.26. The summed E-state index contributed by atoms with van der Waals surface area (Å²) >= 11 is 0. The summed E-state index contributed by atoms with van der Waals surface area (Å²) < 4.78 is 5.38. The van der Waals surface area contributed by atoms with Crippen LogP contribution in [0.5, 0.6) is 0 Å². The molecule has 1 N–H and O–H groups in total. The number of amides is 1. The van der Waals surface area contributed by atoms with Crippen LogP contribution < -0.4 is 0 Å². The van der Waals surface area contributed by atoms with Gasteiger partial charge in [0.15, 0.2) is 0 Å². The number of rotatable bonds is 2. The molecule has 0 saturated carbocycles. The molecular weight excluding hydrogens is 282 g/mol. The van der Waals surface area contributed by atoms with Crippen LogP contribution >= 0.6 is 0 Å². The predicted molar refractivity (Wildman–Crippen MR) is 82.8 cm³/mol. The van der Waals surface area contributed by atoms with E-state index in [1.807, 2.05) is 30.3 Å². The van der Waals surface area contributed by atoms with Gasteiger partial charge in [0.2, 0.25) is 0 Å². The summed E-state index contributed by atoms with van der Waals surface area (Å²) in [6, 6.07) is 9.13. The van der Waals surface area contributed by atoms with Crippen LogP contribution in [0.3, 0.4) is 0 Å². The predicted octanol–water partition coefficient (Wildman–Crippen LogP) is 3.04. The Morgan fingerprint density at radius 1 is 1.23 bits per heavy atom. The van der Waals surface area contributed by atoms with E-state index >= 15 is 0 Å². The van der Waals surface area contributed by atoms with Gasteiger partial charge in [-0.05, 0) is 39.2 Å². The first-order valence-corrected chi connectivity index (χ1v) is 7.51. The zero-order chi connectivity index (χ0) is 16.4. The Kier molecular flexibility index (Phi) is 4.44. The normalized spacial score (nSPS) is 22.2. The van der Waals surface area contributed by atoms with E-state index in [0.717, 1.165) is 5.56 Å². The van der Waals surface area contributed by atoms with Crippen molar-refractivity contribution < 1.29 is 19.4 Å². The van der Waals surface area contributed by atoms with Gasteiger partial charge in [0.05, 0.1) is 0 Å². The Morgan fingerprint density at radius 3 is 2.41 bits per heavy atom. The zero-order valence-corrected chi connectivity index (χ0v) is 13.3. The number of carboxylic acid groups (broad SMARTS) is 1. The molecule has 1 heterocycles. The van der Waals surface area contributed by atoms with Crippen LogP contribution in [-0.2, 0) is 14.9 Å². The third-order valence-corrected chi connectivity index (χ3v) is 3.88. The van der Waals surface area contributed by atoms with Crippen molar-refractivity contribution in [3.63, 3.8) is 0 Å². The van der Waals surface area contributed by atoms with Gasteiger partial charge in [-0.2, -0.15) is 0 Å². The van der Waals surface area contributed by atoms with Crippen LogP contribution in [-0.4, -0.2) is 40.8 Å². The van der Waals surface area contributed by atoms with Crippen LogP contribution in [0.2, 0.25) is 0 Å². The van der Waals surface area contributed by atoms with Gasteiger partial charge in [-0.3, -0.25) is 4.79 Å². The molecule has 1 aliphatic rings. The van der Waals surface area contributed by atoms with Gasteiger partial charge in [0.1, 0.15) is 11.0 Å². The second-order valence-corrected chi connectivity index (χ2v) is 6.76. The molecule has 1 aromatic rings. The average molecular weight is 305 g/mol. The lowest BCUT2D eigenvalue weighted by molar-refractivity contribution is -0.146. The lowest BCUT2D eigenvalue weighted by atomic mass is 9.74. The average Bonchev–Trinajstić information content (AvgIpc) is 2.46. The second-order valence-electron chi connectivity index (χ2n) is 6.76. The largest absolute Gasteiger partial charge is 0.481 e. The van der Waals surface area contributed by atoms with Crippen LogP contribution in [0.4, 0.5) is 4.79 Å². The van der Waals surface area contributed by atoms with E-state index in [9.17, 15) is 14.7 Å². The number of carboxylic acids is 1. The van der Waals surface area contributed by atoms with Crippen LogP contribution in [0.25, 0.3) is 0 Å². The van der Waals surface area contributed by atoms with Crippen LogP contribution in [0.15, 0.2) is 30.3 Å². The summed E-state index contributed by atoms with van der Waals surface area (Å²) in [7, 11) is 0. The zero-order valence-electron chi connectivity index (χ0n) is 13.3. The van der Waals surface area contributed by atoms with Crippen LogP contribution in [0.1, 0.15) is 39.2 Å². The molecule has 1 fully saturated rings. The van der Waals surface area contributed by atoms with Crippen molar-refractivity contribution in [1.82, 2.24) is 4.90 Å². The van der Waals surface area contributed by atoms with Crippen molar-refractivity contribution in [2.45, 2.75) is 44.6 Å². The maximum atomic E-state index is 12.3. The molecule has 0 aliphatic carbocycles. The number of benzene rings is 1. The smallest absolute Gasteiger partial charge is 0.410 e. The third kappa shape index (κ3) is 3.40. The number of hydrogen-bond donors (Lipinski definition) is 1. The monoisotopic (exact) mass is 305 g/mol. The highest BCUT2D eigenvalue weighted by atomic mass is 16.6. The van der Waals surface area contributed by atoms with Gasteiger partial charge in [0, 0.05) is 13.1 Å². The number of carbonyl (C=O) groups excluding carboxylic acids is 1. The number of aliphatic carboxylic acids is 1. The van der Waals surface area contributed by atoms with E-state index in [4.69, 9.17) is 4.74 Å². The van der Waals surface area contributed by atoms with Crippen molar-refractivity contribution in [1.29, 1.82) is 0 Å². The van der Waals surface area contributed by atoms with Gasteiger partial charge in [0.25, 0.3) is 0 Å². The van der Waals surface area contributed by atoms with E-state index in [1.54, 1.807) is 20.8 Å². The van der Waals surface area contributed by atoms with Gasteiger partial charge in [-0.15, -0.1) is 0 Å². The van der Waals surface area contributed by atoms with Gasteiger partial charge >= 0.3 is 12.1 Å². The molecule has 1 saturated heterocycles. The minimum atomic E-state index is -1.06. The van der Waals surface area contributed by atoms with Gasteiger partial charge in [-0.25, -0.2) is 4.79 Å². The molecule has 120 valence electrons. The van der Waals surface area contributed by atoms with E-state index in [2.05, 4.69) is 0 Å². The maximum absolute atomic E-state index is 12.3. The minimum Gasteiger partial charge on any atom is -0.481 e. The molecule has 1 aliphatic heterocycles. The summed E-state index contributed by atoms with van der Waals surface area (Å²) in [6.45, 7) is 6.07. The molecule has 22 heavy (non-hydrogen) atoms. The molecule has 0 radical (unpaired) electrons. The molecule has 0 aromatic heterocycles. The van der Waals surface area contributed by atoms with Gasteiger partial charge < -0.3 is 14.7 Å². The number of likely N-dealkylation sites (tertiary alicyclic amines) is 1. The summed E-state index contributed by atoms with van der Waals surface area (Å²) in [5.74, 6) is -0.896. The van der Waals surface area contributed by atoms with Crippen molar-refractivity contribution in [2.75, 3.05) is 13.1 Å². The minimum absolute atomic E-state index is 0.140. The van der Waals surface area contributed by atoms with Crippen molar-refractivity contribution in [2.24, 2.45) is 0 Å². The Hall–Kier alpha value is -2.04. The fraction of sp³-hybridized carbons (Fsp3) is 0.529. The summed E-state index contributed by atoms with van der Waals surface area (Å²) in [4.78, 5) is 25.7. The molecular formula is C17H23NO4. The summed E-state index contributed by atoms with van der Waals surface area (Å²) in [5, 5.41) is 9.80. The Morgan fingerprint density at radius 2 is 1.86 bits per heavy atom. The Labute approximate surface area is 130 Å². The number of piperidine rings is 1. The van der Waals surface area contributed by atoms with Crippen molar-refractivity contribution in [3.05, 3.63) is 35.9 Å². The SMILES string of the molecule is CC(C)(C)OC(=O)N1CCCC(C(=O)O)(c2ccccc2)C1. The lowest BCUT2D eigenvalue weighted by Crippen LogP contribution is -2.53. The maximum Gasteiger partial charge on any atom is 0.410 e. The van der Waals surface area contributed by atoms with Crippen molar-refractivity contribution >= 4 is 12.1 Å². The highest BCUT2D eigenvalue weighted by molar-refractivity contribution is 5.83. The van der Waals surface area contributed by atoms with E-state index in [0.29, 0.717) is 19.4 Å². The highest BCUT2D eigenvalue weighted by Crippen LogP contribution is 2.35. The number of hydrogen-bond acceptors (Lipinski definition) is 3. The molecule has 1 amide bonds. The molecule has 0 bridgehead atoms. The summed E-state index contributed by atoms with van der Waals surface area (Å²) in [6.07, 6.45) is 0.709. The first-order valence-electron chi connectivity index (χ1n) is 7.51. The van der Waals surface area contributed by atoms with E-state index < -0.39 is 23.1 Å². The molecule has 1 aromatic carbocycles. The molecule has 5 heteroatoms. The fourth-order valence-corrected chi connectivity index (χ4v) is 2.83. The summed E-state index contributed by atoms with van der Waals surface area (Å²) in [5.41, 5.74) is -0.917. The van der Waals surface area contributed by atoms with E-state index in [1.165, 1.54) is 4.90 Å². The van der Waals surface area contributed by atoms with E-state index in [-0.39, 0.29) is 6.54 Å². The molecule has 1 unspecified atom stereocenters. The highest BCUT2D eigenvalue weighted by Gasteiger charge is 2.45. The lowest BCUT2D eigenvalue weighted by Gasteiger charge is -2.40. The quantitative estimate of drug-likeness (QED) is 0.912. The third-order valence-electron chi connectivity index (χ3n) is 3.88.